The summed E-state index contributed by atoms with van der Waals surface area (Å²) in [5, 5.41) is 0. The Balaban J connectivity index is 2.24. The van der Waals surface area contributed by atoms with Crippen LogP contribution in [-0.2, 0) is 10.0 Å². The third kappa shape index (κ3) is 2.65. The minimum Gasteiger partial charge on any atom is -0.454 e. The number of rotatable bonds is 4. The van der Waals surface area contributed by atoms with Crippen LogP contribution in [0.25, 0.3) is 0 Å². The van der Waals surface area contributed by atoms with Crippen molar-refractivity contribution in [3.05, 3.63) is 18.2 Å². The molecule has 1 heterocycles. The summed E-state index contributed by atoms with van der Waals surface area (Å²) in [6.07, 6.45) is 0. The summed E-state index contributed by atoms with van der Waals surface area (Å²) in [4.78, 5) is 0.160. The fourth-order valence-corrected chi connectivity index (χ4v) is 2.48. The van der Waals surface area contributed by atoms with E-state index in [1.807, 2.05) is 0 Å². The van der Waals surface area contributed by atoms with Crippen LogP contribution in [0, 0.1) is 0 Å². The predicted octanol–water partition coefficient (Wildman–Crippen LogP) is -0.0203. The van der Waals surface area contributed by atoms with E-state index in [0.717, 1.165) is 0 Å². The second-order valence-electron chi connectivity index (χ2n) is 3.31. The molecule has 1 aromatic rings. The number of nitrogens with two attached hydrogens (primary N) is 1. The highest BCUT2D eigenvalue weighted by Gasteiger charge is 2.19. The standard InChI is InChI=1S/C9H10N2O4S2/c10-9(16)4-11-17(12,13)6-1-2-7-8(3-6)15-5-14-7/h1-3,11H,4-5H2,(H2,10,16). The summed E-state index contributed by atoms with van der Waals surface area (Å²) in [5.74, 6) is 0.932. The molecule has 0 atom stereocenters. The molecule has 6 nitrogen and oxygen atoms in total. The molecule has 1 aliphatic rings. The van der Waals surface area contributed by atoms with Crippen molar-refractivity contribution in [2.24, 2.45) is 5.73 Å². The van der Waals surface area contributed by atoms with Crippen LogP contribution >= 0.6 is 12.2 Å². The molecule has 0 amide bonds. The Morgan fingerprint density at radius 3 is 2.82 bits per heavy atom. The average Bonchev–Trinajstić information content (AvgIpc) is 2.73. The maximum atomic E-state index is 11.8. The minimum atomic E-state index is -3.63. The van der Waals surface area contributed by atoms with Gasteiger partial charge in [0.1, 0.15) is 0 Å². The summed E-state index contributed by atoms with van der Waals surface area (Å²) >= 11 is 4.60. The van der Waals surface area contributed by atoms with Gasteiger partial charge in [-0.3, -0.25) is 0 Å². The van der Waals surface area contributed by atoms with Crippen LogP contribution in [0.3, 0.4) is 0 Å². The second kappa shape index (κ2) is 4.47. The molecule has 0 bridgehead atoms. The normalized spacial score (nSPS) is 13.6. The Morgan fingerprint density at radius 1 is 1.41 bits per heavy atom. The molecule has 3 N–H and O–H groups in total. The zero-order valence-electron chi connectivity index (χ0n) is 8.67. The largest absolute Gasteiger partial charge is 0.454 e. The van der Waals surface area contributed by atoms with Crippen LogP contribution < -0.4 is 19.9 Å². The van der Waals surface area contributed by atoms with Crippen molar-refractivity contribution in [1.29, 1.82) is 0 Å². The number of nitrogens with one attached hydrogen (secondary N) is 1. The summed E-state index contributed by atoms with van der Waals surface area (Å²) in [6, 6.07) is 4.36. The Hall–Kier alpha value is -1.38. The summed E-state index contributed by atoms with van der Waals surface area (Å²) in [7, 11) is -3.63. The van der Waals surface area contributed by atoms with Gasteiger partial charge in [-0.15, -0.1) is 0 Å². The van der Waals surface area contributed by atoms with Gasteiger partial charge in [0.2, 0.25) is 16.8 Å². The zero-order chi connectivity index (χ0) is 12.5. The molecular formula is C9H10N2O4S2. The Labute approximate surface area is 104 Å². The smallest absolute Gasteiger partial charge is 0.241 e. The molecule has 0 saturated carbocycles. The maximum absolute atomic E-state index is 11.8. The molecular weight excluding hydrogens is 264 g/mol. The monoisotopic (exact) mass is 274 g/mol. The predicted molar refractivity (Wildman–Crippen MR) is 64.5 cm³/mol. The molecule has 0 spiro atoms. The Morgan fingerprint density at radius 2 is 2.12 bits per heavy atom. The summed E-state index contributed by atoms with van der Waals surface area (Å²) < 4.78 is 36.1. The molecule has 0 aromatic heterocycles. The van der Waals surface area contributed by atoms with Gasteiger partial charge in [0.25, 0.3) is 0 Å². The first kappa shape index (κ1) is 12.1. The molecule has 1 aliphatic heterocycles. The van der Waals surface area contributed by atoms with Crippen molar-refractivity contribution < 1.29 is 17.9 Å². The van der Waals surface area contributed by atoms with Gasteiger partial charge >= 0.3 is 0 Å². The van der Waals surface area contributed by atoms with Crippen LogP contribution in [0.1, 0.15) is 0 Å². The summed E-state index contributed by atoms with van der Waals surface area (Å²) in [5.41, 5.74) is 5.23. The van der Waals surface area contributed by atoms with Gasteiger partial charge in [-0.2, -0.15) is 0 Å². The topological polar surface area (TPSA) is 90.7 Å². The lowest BCUT2D eigenvalue weighted by atomic mass is 10.3. The number of benzene rings is 1. The number of fused-ring (bicyclic) bond motifs is 1. The van der Waals surface area contributed by atoms with Crippen molar-refractivity contribution in [2.45, 2.75) is 4.90 Å². The maximum Gasteiger partial charge on any atom is 0.241 e. The first-order valence-electron chi connectivity index (χ1n) is 4.67. The second-order valence-corrected chi connectivity index (χ2v) is 5.60. The van der Waals surface area contributed by atoms with E-state index in [4.69, 9.17) is 15.2 Å². The van der Waals surface area contributed by atoms with Crippen molar-refractivity contribution in [3.63, 3.8) is 0 Å². The van der Waals surface area contributed by atoms with E-state index in [2.05, 4.69) is 16.9 Å². The lowest BCUT2D eigenvalue weighted by molar-refractivity contribution is 0.174. The van der Waals surface area contributed by atoms with E-state index in [0.29, 0.717) is 11.5 Å². The van der Waals surface area contributed by atoms with E-state index >= 15 is 0 Å². The third-order valence-corrected chi connectivity index (χ3v) is 3.63. The first-order chi connectivity index (χ1) is 7.99. The quantitative estimate of drug-likeness (QED) is 0.750. The van der Waals surface area contributed by atoms with E-state index in [9.17, 15) is 8.42 Å². The fourth-order valence-electron chi connectivity index (χ4n) is 1.29. The molecule has 0 saturated heterocycles. The van der Waals surface area contributed by atoms with E-state index in [-0.39, 0.29) is 23.2 Å². The third-order valence-electron chi connectivity index (χ3n) is 2.09. The van der Waals surface area contributed by atoms with Gasteiger partial charge in [-0.25, -0.2) is 13.1 Å². The number of hydrogen-bond acceptors (Lipinski definition) is 5. The molecule has 0 aliphatic carbocycles. The minimum absolute atomic E-state index is 0.0773. The van der Waals surface area contributed by atoms with Gasteiger partial charge in [0.05, 0.1) is 16.4 Å². The lowest BCUT2D eigenvalue weighted by Gasteiger charge is -2.06. The van der Waals surface area contributed by atoms with Crippen molar-refractivity contribution in [2.75, 3.05) is 13.3 Å². The van der Waals surface area contributed by atoms with E-state index in [1.54, 1.807) is 0 Å². The van der Waals surface area contributed by atoms with Crippen LogP contribution in [0.4, 0.5) is 0 Å². The highest BCUT2D eigenvalue weighted by Crippen LogP contribution is 2.33. The van der Waals surface area contributed by atoms with E-state index < -0.39 is 10.0 Å². The number of thiocarbonyl (C=S) groups is 1. The van der Waals surface area contributed by atoms with Crippen LogP contribution in [0.2, 0.25) is 0 Å². The number of sulfonamides is 1. The highest BCUT2D eigenvalue weighted by molar-refractivity contribution is 7.89. The first-order valence-corrected chi connectivity index (χ1v) is 6.56. The molecule has 0 unspecified atom stereocenters. The van der Waals surface area contributed by atoms with Crippen molar-refractivity contribution in [3.8, 4) is 11.5 Å². The average molecular weight is 274 g/mol. The SMILES string of the molecule is NC(=S)CNS(=O)(=O)c1ccc2c(c1)OCO2. The number of hydrogen-bond donors (Lipinski definition) is 2. The molecule has 2 rings (SSSR count). The van der Waals surface area contributed by atoms with Gasteiger partial charge < -0.3 is 15.2 Å². The molecule has 8 heteroatoms. The lowest BCUT2D eigenvalue weighted by Crippen LogP contribution is -2.32. The molecule has 92 valence electrons. The van der Waals surface area contributed by atoms with Gasteiger partial charge in [-0.05, 0) is 12.1 Å². The Bertz CT molecular complexity index is 556. The van der Waals surface area contributed by atoms with E-state index in [1.165, 1.54) is 18.2 Å². The molecule has 0 fully saturated rings. The van der Waals surface area contributed by atoms with Crippen LogP contribution in [0.5, 0.6) is 11.5 Å². The van der Waals surface area contributed by atoms with Crippen molar-refractivity contribution >= 4 is 27.2 Å². The van der Waals surface area contributed by atoms with Crippen LogP contribution in [-0.4, -0.2) is 26.7 Å². The van der Waals surface area contributed by atoms with Gasteiger partial charge in [0.15, 0.2) is 11.5 Å². The van der Waals surface area contributed by atoms with Gasteiger partial charge in [0, 0.05) is 6.07 Å². The fraction of sp³-hybridized carbons (Fsp3) is 0.222. The van der Waals surface area contributed by atoms with Crippen LogP contribution in [0.15, 0.2) is 23.1 Å². The summed E-state index contributed by atoms with van der Waals surface area (Å²) in [6.45, 7) is 0.0191. The van der Waals surface area contributed by atoms with Gasteiger partial charge in [-0.1, -0.05) is 12.2 Å². The zero-order valence-corrected chi connectivity index (χ0v) is 10.3. The number of ether oxygens (including phenoxy) is 2. The highest BCUT2D eigenvalue weighted by atomic mass is 32.2. The molecule has 1 aromatic carbocycles. The molecule has 0 radical (unpaired) electrons. The van der Waals surface area contributed by atoms with Crippen molar-refractivity contribution in [1.82, 2.24) is 4.72 Å². The molecule has 17 heavy (non-hydrogen) atoms. The Kier molecular flexibility index (Phi) is 3.18.